The van der Waals surface area contributed by atoms with Crippen LogP contribution in [0.3, 0.4) is 0 Å². The fourth-order valence-corrected chi connectivity index (χ4v) is 2.87. The van der Waals surface area contributed by atoms with Gasteiger partial charge < -0.3 is 5.11 Å². The molecule has 0 bridgehead atoms. The van der Waals surface area contributed by atoms with E-state index in [1.54, 1.807) is 12.1 Å². The van der Waals surface area contributed by atoms with E-state index in [0.717, 1.165) is 6.42 Å². The molecule has 21 heavy (non-hydrogen) atoms. The Kier molecular flexibility index (Phi) is 3.65. The van der Waals surface area contributed by atoms with Crippen molar-refractivity contribution in [2.45, 2.75) is 25.4 Å². The highest BCUT2D eigenvalue weighted by molar-refractivity contribution is 6.30. The molecule has 0 aliphatic carbocycles. The largest absolute Gasteiger partial charge is 0.480 e. The van der Waals surface area contributed by atoms with Gasteiger partial charge in [-0.3, -0.25) is 18.9 Å². The Morgan fingerprint density at radius 1 is 1.48 bits per heavy atom. The summed E-state index contributed by atoms with van der Waals surface area (Å²) in [4.78, 5) is 29.5. The predicted octanol–water partition coefficient (Wildman–Crippen LogP) is 1.40. The number of pyridine rings is 1. The lowest BCUT2D eigenvalue weighted by molar-refractivity contribution is -0.142. The second kappa shape index (κ2) is 5.46. The third-order valence-corrected chi connectivity index (χ3v) is 3.91. The number of likely N-dealkylation sites (tertiary alicyclic amines) is 1. The lowest BCUT2D eigenvalue weighted by Crippen LogP contribution is -2.36. The van der Waals surface area contributed by atoms with Gasteiger partial charge in [0.05, 0.1) is 10.7 Å². The first-order valence-electron chi connectivity index (χ1n) is 6.69. The van der Waals surface area contributed by atoms with Crippen molar-refractivity contribution in [1.82, 2.24) is 14.3 Å². The molecule has 2 aromatic rings. The maximum absolute atomic E-state index is 12.1. The second-order valence-electron chi connectivity index (χ2n) is 5.13. The lowest BCUT2D eigenvalue weighted by Gasteiger charge is -2.20. The molecule has 1 fully saturated rings. The van der Waals surface area contributed by atoms with Gasteiger partial charge in [-0.25, -0.2) is 4.98 Å². The summed E-state index contributed by atoms with van der Waals surface area (Å²) in [7, 11) is 0. The molecule has 2 aromatic heterocycles. The highest BCUT2D eigenvalue weighted by Gasteiger charge is 2.30. The van der Waals surface area contributed by atoms with Crippen molar-refractivity contribution >= 4 is 23.2 Å². The minimum atomic E-state index is -0.822. The SMILES string of the molecule is O=C(O)C1CCCN1Cc1cc(=O)n2cc(Cl)ccc2n1. The van der Waals surface area contributed by atoms with Gasteiger partial charge in [-0.1, -0.05) is 11.6 Å². The topological polar surface area (TPSA) is 74.9 Å². The molecule has 0 amide bonds. The highest BCUT2D eigenvalue weighted by Crippen LogP contribution is 2.19. The number of rotatable bonds is 3. The van der Waals surface area contributed by atoms with Crippen LogP contribution in [0.25, 0.3) is 5.65 Å². The van der Waals surface area contributed by atoms with Crippen LogP contribution < -0.4 is 5.56 Å². The molecule has 1 saturated heterocycles. The van der Waals surface area contributed by atoms with E-state index in [4.69, 9.17) is 11.6 Å². The van der Waals surface area contributed by atoms with Gasteiger partial charge in [-0.15, -0.1) is 0 Å². The number of nitrogens with zero attached hydrogens (tertiary/aromatic N) is 3. The number of hydrogen-bond donors (Lipinski definition) is 1. The van der Waals surface area contributed by atoms with E-state index in [2.05, 4.69) is 4.98 Å². The maximum Gasteiger partial charge on any atom is 0.320 e. The molecule has 110 valence electrons. The second-order valence-corrected chi connectivity index (χ2v) is 5.56. The first-order valence-corrected chi connectivity index (χ1v) is 7.07. The Morgan fingerprint density at radius 3 is 3.05 bits per heavy atom. The monoisotopic (exact) mass is 307 g/mol. The fourth-order valence-electron chi connectivity index (χ4n) is 2.71. The molecule has 0 saturated carbocycles. The number of aromatic nitrogens is 2. The number of fused-ring (bicyclic) bond motifs is 1. The summed E-state index contributed by atoms with van der Waals surface area (Å²) >= 11 is 5.86. The van der Waals surface area contributed by atoms with Gasteiger partial charge in [-0.05, 0) is 31.5 Å². The summed E-state index contributed by atoms with van der Waals surface area (Å²) in [6, 6.07) is 4.28. The van der Waals surface area contributed by atoms with E-state index in [9.17, 15) is 14.7 Å². The first kappa shape index (κ1) is 14.0. The zero-order chi connectivity index (χ0) is 15.0. The summed E-state index contributed by atoms with van der Waals surface area (Å²) < 4.78 is 1.38. The smallest absolute Gasteiger partial charge is 0.320 e. The molecule has 6 nitrogen and oxygen atoms in total. The molecule has 0 spiro atoms. The molecular formula is C14H14ClN3O3. The van der Waals surface area contributed by atoms with Crippen molar-refractivity contribution < 1.29 is 9.90 Å². The van der Waals surface area contributed by atoms with Crippen LogP contribution in [-0.2, 0) is 11.3 Å². The minimum absolute atomic E-state index is 0.219. The van der Waals surface area contributed by atoms with Crippen LogP contribution >= 0.6 is 11.6 Å². The summed E-state index contributed by atoms with van der Waals surface area (Å²) in [5, 5.41) is 9.64. The molecule has 1 unspecified atom stereocenters. The van der Waals surface area contributed by atoms with E-state index in [-0.39, 0.29) is 5.56 Å². The number of halogens is 1. The number of aliphatic carboxylic acids is 1. The average molecular weight is 308 g/mol. The number of carboxylic acid groups (broad SMARTS) is 1. The van der Waals surface area contributed by atoms with Crippen molar-refractivity contribution in [3.8, 4) is 0 Å². The van der Waals surface area contributed by atoms with Crippen molar-refractivity contribution in [2.24, 2.45) is 0 Å². The van der Waals surface area contributed by atoms with Gasteiger partial charge in [0.15, 0.2) is 0 Å². The maximum atomic E-state index is 12.1. The first-order chi connectivity index (χ1) is 10.0. The molecule has 0 radical (unpaired) electrons. The van der Waals surface area contributed by atoms with Crippen LogP contribution in [0.5, 0.6) is 0 Å². The van der Waals surface area contributed by atoms with Crippen LogP contribution in [0.2, 0.25) is 5.02 Å². The molecule has 3 rings (SSSR count). The van der Waals surface area contributed by atoms with Crippen LogP contribution in [0.4, 0.5) is 0 Å². The molecule has 3 heterocycles. The van der Waals surface area contributed by atoms with E-state index in [0.29, 0.717) is 35.9 Å². The number of hydrogen-bond acceptors (Lipinski definition) is 4. The molecule has 1 atom stereocenters. The molecule has 0 aromatic carbocycles. The van der Waals surface area contributed by atoms with Crippen molar-refractivity contribution in [2.75, 3.05) is 6.54 Å². The molecule has 1 aliphatic heterocycles. The van der Waals surface area contributed by atoms with Crippen molar-refractivity contribution in [3.05, 3.63) is 45.5 Å². The van der Waals surface area contributed by atoms with Gasteiger partial charge in [0.25, 0.3) is 5.56 Å². The minimum Gasteiger partial charge on any atom is -0.480 e. The number of carbonyl (C=O) groups is 1. The van der Waals surface area contributed by atoms with E-state index >= 15 is 0 Å². The zero-order valence-corrected chi connectivity index (χ0v) is 12.0. The zero-order valence-electron chi connectivity index (χ0n) is 11.2. The summed E-state index contributed by atoms with van der Waals surface area (Å²) in [6.07, 6.45) is 3.00. The van der Waals surface area contributed by atoms with Gasteiger partial charge >= 0.3 is 5.97 Å². The predicted molar refractivity (Wildman–Crippen MR) is 77.5 cm³/mol. The molecule has 1 aliphatic rings. The molecule has 1 N–H and O–H groups in total. The summed E-state index contributed by atoms with van der Waals surface area (Å²) in [5.74, 6) is -0.822. The standard InChI is InChI=1S/C14H14ClN3O3/c15-9-3-4-12-16-10(6-13(19)18(12)7-9)8-17-5-1-2-11(17)14(20)21/h3-4,6-7,11H,1-2,5,8H2,(H,20,21). The third-order valence-electron chi connectivity index (χ3n) is 3.69. The third kappa shape index (κ3) is 2.77. The summed E-state index contributed by atoms with van der Waals surface area (Å²) in [5.41, 5.74) is 0.868. The van der Waals surface area contributed by atoms with E-state index in [1.807, 2.05) is 4.90 Å². The quantitative estimate of drug-likeness (QED) is 0.927. The van der Waals surface area contributed by atoms with Crippen molar-refractivity contribution in [3.63, 3.8) is 0 Å². The summed E-state index contributed by atoms with van der Waals surface area (Å²) in [6.45, 7) is 1.07. The fraction of sp³-hybridized carbons (Fsp3) is 0.357. The van der Waals surface area contributed by atoms with Gasteiger partial charge in [0, 0.05) is 18.8 Å². The number of carboxylic acids is 1. The lowest BCUT2D eigenvalue weighted by atomic mass is 10.2. The Balaban J connectivity index is 1.93. The van der Waals surface area contributed by atoms with Gasteiger partial charge in [-0.2, -0.15) is 0 Å². The average Bonchev–Trinajstić information content (AvgIpc) is 2.88. The van der Waals surface area contributed by atoms with Crippen LogP contribution in [0.1, 0.15) is 18.5 Å². The Bertz CT molecular complexity index is 759. The normalized spacial score (nSPS) is 19.2. The van der Waals surface area contributed by atoms with Crippen LogP contribution in [-0.4, -0.2) is 37.9 Å². The Morgan fingerprint density at radius 2 is 2.29 bits per heavy atom. The Hall–Kier alpha value is -1.92. The van der Waals surface area contributed by atoms with Gasteiger partial charge in [0.1, 0.15) is 11.7 Å². The molecule has 7 heteroatoms. The van der Waals surface area contributed by atoms with Crippen molar-refractivity contribution in [1.29, 1.82) is 0 Å². The van der Waals surface area contributed by atoms with Gasteiger partial charge in [0.2, 0.25) is 0 Å². The van der Waals surface area contributed by atoms with E-state index in [1.165, 1.54) is 16.7 Å². The highest BCUT2D eigenvalue weighted by atomic mass is 35.5. The van der Waals surface area contributed by atoms with Crippen LogP contribution in [0, 0.1) is 0 Å². The molecular weight excluding hydrogens is 294 g/mol. The van der Waals surface area contributed by atoms with E-state index < -0.39 is 12.0 Å². The Labute approximate surface area is 125 Å². The van der Waals surface area contributed by atoms with Crippen LogP contribution in [0.15, 0.2) is 29.2 Å².